The Labute approximate surface area is 142 Å². The quantitative estimate of drug-likeness (QED) is 0.655. The van der Waals surface area contributed by atoms with Gasteiger partial charge in [-0.15, -0.1) is 0 Å². The Morgan fingerprint density at radius 2 is 1.79 bits per heavy atom. The molecule has 0 atom stereocenters. The predicted molar refractivity (Wildman–Crippen MR) is 95.5 cm³/mol. The number of nitrogens with two attached hydrogens (primary N) is 1. The van der Waals surface area contributed by atoms with Gasteiger partial charge in [0, 0.05) is 13.0 Å². The number of nitrogens with zero attached hydrogens (tertiary/aromatic N) is 1. The molecule has 0 unspecified atom stereocenters. The fraction of sp³-hybridized carbons (Fsp3) is 0.316. The molecule has 0 saturated carbocycles. The summed E-state index contributed by atoms with van der Waals surface area (Å²) in [5.41, 5.74) is 8.26. The molecular formula is C19H23N3O2. The molecule has 0 bridgehead atoms. The van der Waals surface area contributed by atoms with E-state index in [-0.39, 0.29) is 0 Å². The second-order valence-corrected chi connectivity index (χ2v) is 5.70. The number of nitrogens with one attached hydrogen (secondary N) is 1. The van der Waals surface area contributed by atoms with Crippen molar-refractivity contribution in [2.75, 3.05) is 19.8 Å². The summed E-state index contributed by atoms with van der Waals surface area (Å²) in [7, 11) is 0. The Hall–Kier alpha value is -2.69. The van der Waals surface area contributed by atoms with E-state index in [1.54, 1.807) is 0 Å². The van der Waals surface area contributed by atoms with Crippen LogP contribution in [-0.2, 0) is 13.0 Å². The molecule has 0 saturated heterocycles. The third-order valence-corrected chi connectivity index (χ3v) is 3.81. The fourth-order valence-electron chi connectivity index (χ4n) is 2.52. The van der Waals surface area contributed by atoms with Crippen LogP contribution in [0.5, 0.6) is 11.5 Å². The van der Waals surface area contributed by atoms with Crippen LogP contribution in [0.25, 0.3) is 0 Å². The molecule has 0 aliphatic carbocycles. The zero-order valence-corrected chi connectivity index (χ0v) is 13.7. The molecule has 1 aliphatic rings. The van der Waals surface area contributed by atoms with Gasteiger partial charge in [-0.25, -0.2) is 4.99 Å². The lowest BCUT2D eigenvalue weighted by molar-refractivity contribution is 0.297. The molecule has 3 rings (SSSR count). The zero-order valence-electron chi connectivity index (χ0n) is 13.7. The lowest BCUT2D eigenvalue weighted by atomic mass is 10.1. The summed E-state index contributed by atoms with van der Waals surface area (Å²) in [4.78, 5) is 4.38. The smallest absolute Gasteiger partial charge is 0.188 e. The van der Waals surface area contributed by atoms with Crippen molar-refractivity contribution in [1.29, 1.82) is 0 Å². The van der Waals surface area contributed by atoms with Crippen molar-refractivity contribution in [3.63, 3.8) is 0 Å². The minimum atomic E-state index is 0.457. The van der Waals surface area contributed by atoms with Gasteiger partial charge in [0.05, 0.1) is 19.8 Å². The standard InChI is InChI=1S/C19H23N3O2/c20-19(21-10-9-15-5-2-1-3-6-15)22-14-16-7-8-17-18(13-16)24-12-4-11-23-17/h1-3,5-8,13H,4,9-12,14H2,(H3,20,21,22). The van der Waals surface area contributed by atoms with Crippen molar-refractivity contribution < 1.29 is 9.47 Å². The van der Waals surface area contributed by atoms with E-state index in [2.05, 4.69) is 22.4 Å². The zero-order chi connectivity index (χ0) is 16.6. The van der Waals surface area contributed by atoms with Crippen LogP contribution in [0.3, 0.4) is 0 Å². The summed E-state index contributed by atoms with van der Waals surface area (Å²) in [6.45, 7) is 2.66. The molecule has 0 radical (unpaired) electrons. The summed E-state index contributed by atoms with van der Waals surface area (Å²) in [5.74, 6) is 2.04. The predicted octanol–water partition coefficient (Wildman–Crippen LogP) is 2.49. The maximum atomic E-state index is 5.93. The van der Waals surface area contributed by atoms with E-state index in [0.29, 0.717) is 25.7 Å². The summed E-state index contributed by atoms with van der Waals surface area (Å²) >= 11 is 0. The average Bonchev–Trinajstić information content (AvgIpc) is 2.86. The van der Waals surface area contributed by atoms with Crippen molar-refractivity contribution >= 4 is 5.96 Å². The Morgan fingerprint density at radius 1 is 1.00 bits per heavy atom. The second kappa shape index (κ2) is 8.24. The molecule has 1 heterocycles. The van der Waals surface area contributed by atoms with Crippen molar-refractivity contribution in [2.24, 2.45) is 10.7 Å². The van der Waals surface area contributed by atoms with E-state index in [1.807, 2.05) is 36.4 Å². The Morgan fingerprint density at radius 3 is 2.62 bits per heavy atom. The van der Waals surface area contributed by atoms with Gasteiger partial charge in [-0.2, -0.15) is 0 Å². The van der Waals surface area contributed by atoms with Crippen LogP contribution in [0.2, 0.25) is 0 Å². The third kappa shape index (κ3) is 4.65. The SMILES string of the molecule is NC(=NCc1ccc2c(c1)OCCCO2)NCCc1ccccc1. The number of hydrogen-bond acceptors (Lipinski definition) is 3. The highest BCUT2D eigenvalue weighted by Crippen LogP contribution is 2.30. The van der Waals surface area contributed by atoms with Gasteiger partial charge < -0.3 is 20.5 Å². The average molecular weight is 325 g/mol. The van der Waals surface area contributed by atoms with E-state index < -0.39 is 0 Å². The van der Waals surface area contributed by atoms with Crippen LogP contribution in [0.1, 0.15) is 17.5 Å². The van der Waals surface area contributed by atoms with E-state index in [4.69, 9.17) is 15.2 Å². The topological polar surface area (TPSA) is 68.9 Å². The van der Waals surface area contributed by atoms with Crippen molar-refractivity contribution in [3.05, 3.63) is 59.7 Å². The number of hydrogen-bond donors (Lipinski definition) is 2. The van der Waals surface area contributed by atoms with E-state index in [0.717, 1.165) is 36.4 Å². The first-order valence-corrected chi connectivity index (χ1v) is 8.27. The van der Waals surface area contributed by atoms with Gasteiger partial charge in [0.25, 0.3) is 0 Å². The molecule has 126 valence electrons. The van der Waals surface area contributed by atoms with Crippen molar-refractivity contribution in [2.45, 2.75) is 19.4 Å². The largest absolute Gasteiger partial charge is 0.490 e. The molecule has 0 aromatic heterocycles. The van der Waals surface area contributed by atoms with E-state index >= 15 is 0 Å². The van der Waals surface area contributed by atoms with Crippen LogP contribution < -0.4 is 20.5 Å². The number of fused-ring (bicyclic) bond motifs is 1. The molecule has 1 aliphatic heterocycles. The molecule has 5 nitrogen and oxygen atoms in total. The summed E-state index contributed by atoms with van der Waals surface area (Å²) < 4.78 is 11.3. The van der Waals surface area contributed by atoms with Crippen LogP contribution in [0, 0.1) is 0 Å². The van der Waals surface area contributed by atoms with Gasteiger partial charge in [0.15, 0.2) is 17.5 Å². The maximum Gasteiger partial charge on any atom is 0.188 e. The maximum absolute atomic E-state index is 5.93. The highest BCUT2D eigenvalue weighted by molar-refractivity contribution is 5.77. The van der Waals surface area contributed by atoms with Gasteiger partial charge in [0.1, 0.15) is 0 Å². The summed E-state index contributed by atoms with van der Waals surface area (Å²) in [5, 5.41) is 3.15. The Kier molecular flexibility index (Phi) is 5.56. The number of ether oxygens (including phenoxy) is 2. The highest BCUT2D eigenvalue weighted by atomic mass is 16.5. The molecule has 2 aromatic carbocycles. The fourth-order valence-corrected chi connectivity index (χ4v) is 2.52. The number of guanidine groups is 1. The van der Waals surface area contributed by atoms with Crippen molar-refractivity contribution in [1.82, 2.24) is 5.32 Å². The second-order valence-electron chi connectivity index (χ2n) is 5.70. The molecule has 24 heavy (non-hydrogen) atoms. The number of aliphatic imine (C=N–C) groups is 1. The normalized spacial score (nSPS) is 14.1. The summed E-state index contributed by atoms with van der Waals surface area (Å²) in [6, 6.07) is 16.2. The van der Waals surface area contributed by atoms with Gasteiger partial charge in [0.2, 0.25) is 0 Å². The minimum absolute atomic E-state index is 0.457. The number of benzene rings is 2. The van der Waals surface area contributed by atoms with Crippen LogP contribution >= 0.6 is 0 Å². The van der Waals surface area contributed by atoms with E-state index in [9.17, 15) is 0 Å². The molecule has 2 aromatic rings. The molecule has 0 amide bonds. The first kappa shape index (κ1) is 16.2. The van der Waals surface area contributed by atoms with E-state index in [1.165, 1.54) is 5.56 Å². The van der Waals surface area contributed by atoms with Gasteiger partial charge >= 0.3 is 0 Å². The monoisotopic (exact) mass is 325 g/mol. The minimum Gasteiger partial charge on any atom is -0.490 e. The number of rotatable bonds is 5. The van der Waals surface area contributed by atoms with Gasteiger partial charge in [-0.05, 0) is 29.7 Å². The van der Waals surface area contributed by atoms with Crippen LogP contribution in [0.4, 0.5) is 0 Å². The molecular weight excluding hydrogens is 302 g/mol. The van der Waals surface area contributed by atoms with Crippen LogP contribution in [-0.4, -0.2) is 25.7 Å². The first-order valence-electron chi connectivity index (χ1n) is 8.27. The van der Waals surface area contributed by atoms with Gasteiger partial charge in [-0.3, -0.25) is 0 Å². The molecule has 5 heteroatoms. The van der Waals surface area contributed by atoms with Crippen LogP contribution in [0.15, 0.2) is 53.5 Å². The molecule has 3 N–H and O–H groups in total. The Bertz CT molecular complexity index is 686. The lowest BCUT2D eigenvalue weighted by Gasteiger charge is -2.09. The van der Waals surface area contributed by atoms with Gasteiger partial charge in [-0.1, -0.05) is 36.4 Å². The summed E-state index contributed by atoms with van der Waals surface area (Å²) in [6.07, 6.45) is 1.82. The first-order chi connectivity index (χ1) is 11.8. The highest BCUT2D eigenvalue weighted by Gasteiger charge is 2.10. The third-order valence-electron chi connectivity index (χ3n) is 3.81. The Balaban J connectivity index is 1.50. The molecule has 0 spiro atoms. The van der Waals surface area contributed by atoms with Crippen molar-refractivity contribution in [3.8, 4) is 11.5 Å². The molecule has 0 fully saturated rings. The lowest BCUT2D eigenvalue weighted by Crippen LogP contribution is -2.33.